The molecule has 0 N–H and O–H groups in total. The van der Waals surface area contributed by atoms with Gasteiger partial charge in [0.05, 0.1) is 5.69 Å². The molecule has 0 amide bonds. The summed E-state index contributed by atoms with van der Waals surface area (Å²) in [6.45, 7) is 14.6. The van der Waals surface area contributed by atoms with Crippen LogP contribution in [0.3, 0.4) is 0 Å². The van der Waals surface area contributed by atoms with Crippen molar-refractivity contribution in [1.29, 1.82) is 0 Å². The Morgan fingerprint density at radius 2 is 0.980 bits per heavy atom. The molecule has 9 rings (SSSR count). The molecule has 1 unspecified atom stereocenters. The lowest BCUT2D eigenvalue weighted by Gasteiger charge is -2.31. The minimum atomic E-state index is -0.0697. The standard InChI is InChI=1S/C48H45N/c1-45(2)30-48(39-20-13-12-19-38(39)45)31-46(3,4)42-29-35(27-28-40(42)48)49(34-25-23-33(24-26-34)32-15-8-7-9-16-32)43-22-14-21-41-44(43)36-17-10-11-18-37(36)47(41,5)6/h7-29H,30-31H2,1-6H3. The van der Waals surface area contributed by atoms with Gasteiger partial charge < -0.3 is 4.90 Å². The summed E-state index contributed by atoms with van der Waals surface area (Å²) in [7, 11) is 0. The molecule has 6 aromatic rings. The maximum Gasteiger partial charge on any atom is 0.0543 e. The zero-order chi connectivity index (χ0) is 33.8. The second-order valence-corrected chi connectivity index (χ2v) is 16.6. The van der Waals surface area contributed by atoms with Gasteiger partial charge in [0.1, 0.15) is 0 Å². The van der Waals surface area contributed by atoms with E-state index in [2.05, 4.69) is 186 Å². The smallest absolute Gasteiger partial charge is 0.0543 e. The summed E-state index contributed by atoms with van der Waals surface area (Å²) < 4.78 is 0. The van der Waals surface area contributed by atoms with E-state index in [0.717, 1.165) is 12.8 Å². The number of fused-ring (bicyclic) bond motifs is 7. The van der Waals surface area contributed by atoms with Gasteiger partial charge in [-0.2, -0.15) is 0 Å². The number of anilines is 3. The lowest BCUT2D eigenvalue weighted by molar-refractivity contribution is 0.349. The van der Waals surface area contributed by atoms with Gasteiger partial charge in [-0.25, -0.2) is 0 Å². The molecule has 0 bridgehead atoms. The molecule has 1 spiro atoms. The van der Waals surface area contributed by atoms with Gasteiger partial charge in [0.2, 0.25) is 0 Å². The monoisotopic (exact) mass is 635 g/mol. The summed E-state index contributed by atoms with van der Waals surface area (Å²) in [5, 5.41) is 0. The SMILES string of the molecule is CC1(C)CC2(CC(C)(C)c3cc(N(c4ccc(-c5ccccc5)cc4)c4cccc5c4-c4ccccc4C5(C)C)ccc32)c2ccccc21. The lowest BCUT2D eigenvalue weighted by Crippen LogP contribution is -2.26. The minimum Gasteiger partial charge on any atom is -0.310 e. The van der Waals surface area contributed by atoms with Crippen molar-refractivity contribution in [2.45, 2.75) is 76.0 Å². The third kappa shape index (κ3) is 4.31. The molecule has 242 valence electrons. The quantitative estimate of drug-likeness (QED) is 0.186. The van der Waals surface area contributed by atoms with E-state index in [9.17, 15) is 0 Å². The van der Waals surface area contributed by atoms with E-state index in [1.54, 1.807) is 0 Å². The highest BCUT2D eigenvalue weighted by Crippen LogP contribution is 2.63. The van der Waals surface area contributed by atoms with Crippen molar-refractivity contribution < 1.29 is 0 Å². The molecule has 0 radical (unpaired) electrons. The van der Waals surface area contributed by atoms with Crippen LogP contribution in [-0.2, 0) is 21.7 Å². The molecule has 3 aliphatic rings. The van der Waals surface area contributed by atoms with E-state index in [0.29, 0.717) is 0 Å². The third-order valence-electron chi connectivity index (χ3n) is 12.2. The summed E-state index contributed by atoms with van der Waals surface area (Å²) in [5.74, 6) is 0. The van der Waals surface area contributed by atoms with Crippen LogP contribution < -0.4 is 4.90 Å². The zero-order valence-electron chi connectivity index (χ0n) is 29.6. The van der Waals surface area contributed by atoms with Crippen LogP contribution in [0.25, 0.3) is 22.3 Å². The molecular weight excluding hydrogens is 591 g/mol. The van der Waals surface area contributed by atoms with Gasteiger partial charge in [0, 0.05) is 27.8 Å². The van der Waals surface area contributed by atoms with Crippen molar-refractivity contribution >= 4 is 17.1 Å². The van der Waals surface area contributed by atoms with Gasteiger partial charge in [0.25, 0.3) is 0 Å². The van der Waals surface area contributed by atoms with Gasteiger partial charge >= 0.3 is 0 Å². The van der Waals surface area contributed by atoms with E-state index in [-0.39, 0.29) is 21.7 Å². The highest BCUT2D eigenvalue weighted by molar-refractivity contribution is 5.95. The molecule has 0 aliphatic heterocycles. The van der Waals surface area contributed by atoms with Crippen LogP contribution in [0.4, 0.5) is 17.1 Å². The van der Waals surface area contributed by atoms with Crippen molar-refractivity contribution in [2.75, 3.05) is 4.90 Å². The average Bonchev–Trinajstić information content (AvgIpc) is 3.59. The van der Waals surface area contributed by atoms with Crippen LogP contribution in [-0.4, -0.2) is 0 Å². The summed E-state index contributed by atoms with van der Waals surface area (Å²) in [5.41, 5.74) is 17.8. The number of rotatable bonds is 4. The largest absolute Gasteiger partial charge is 0.310 e. The molecule has 0 heterocycles. The van der Waals surface area contributed by atoms with Crippen molar-refractivity contribution in [1.82, 2.24) is 0 Å². The molecule has 0 aromatic heterocycles. The Morgan fingerprint density at radius 3 is 1.71 bits per heavy atom. The Hall–Kier alpha value is -4.88. The Labute approximate surface area is 292 Å². The fraction of sp³-hybridized carbons (Fsp3) is 0.250. The summed E-state index contributed by atoms with van der Waals surface area (Å²) >= 11 is 0. The summed E-state index contributed by atoms with van der Waals surface area (Å²) in [6, 6.07) is 52.5. The van der Waals surface area contributed by atoms with Crippen LogP contribution in [0.1, 0.15) is 87.8 Å². The maximum atomic E-state index is 2.54. The fourth-order valence-electron chi connectivity index (χ4n) is 10.2. The Morgan fingerprint density at radius 1 is 0.429 bits per heavy atom. The van der Waals surface area contributed by atoms with Crippen molar-refractivity contribution in [3.8, 4) is 22.3 Å². The zero-order valence-corrected chi connectivity index (χ0v) is 29.6. The highest BCUT2D eigenvalue weighted by atomic mass is 15.1. The molecule has 1 nitrogen and oxygen atoms in total. The van der Waals surface area contributed by atoms with Gasteiger partial charge in [-0.15, -0.1) is 0 Å². The first-order valence-electron chi connectivity index (χ1n) is 18.0. The molecule has 6 aromatic carbocycles. The predicted octanol–water partition coefficient (Wildman–Crippen LogP) is 12.8. The van der Waals surface area contributed by atoms with Gasteiger partial charge in [-0.1, -0.05) is 151 Å². The first kappa shape index (κ1) is 30.2. The number of hydrogen-bond donors (Lipinski definition) is 0. The van der Waals surface area contributed by atoms with Crippen LogP contribution in [0, 0.1) is 0 Å². The molecule has 1 atom stereocenters. The van der Waals surface area contributed by atoms with E-state index in [4.69, 9.17) is 0 Å². The fourth-order valence-corrected chi connectivity index (χ4v) is 10.2. The van der Waals surface area contributed by atoms with E-state index in [1.165, 1.54) is 72.7 Å². The molecule has 1 heteroatoms. The summed E-state index contributed by atoms with van der Waals surface area (Å²) in [4.78, 5) is 2.53. The second-order valence-electron chi connectivity index (χ2n) is 16.6. The molecule has 0 saturated carbocycles. The van der Waals surface area contributed by atoms with Crippen molar-refractivity contribution in [3.05, 3.63) is 173 Å². The van der Waals surface area contributed by atoms with Gasteiger partial charge in [-0.3, -0.25) is 0 Å². The van der Waals surface area contributed by atoms with Gasteiger partial charge in [-0.05, 0) is 104 Å². The van der Waals surface area contributed by atoms with Crippen molar-refractivity contribution in [2.24, 2.45) is 0 Å². The normalized spacial score (nSPS) is 20.0. The van der Waals surface area contributed by atoms with Crippen LogP contribution in [0.2, 0.25) is 0 Å². The Balaban J connectivity index is 1.26. The first-order valence-corrected chi connectivity index (χ1v) is 18.0. The van der Waals surface area contributed by atoms with E-state index in [1.807, 2.05) is 0 Å². The molecule has 0 saturated heterocycles. The topological polar surface area (TPSA) is 3.24 Å². The molecule has 0 fully saturated rings. The molecule has 3 aliphatic carbocycles. The average molecular weight is 636 g/mol. The number of nitrogens with zero attached hydrogens (tertiary/aromatic N) is 1. The van der Waals surface area contributed by atoms with Crippen LogP contribution in [0.5, 0.6) is 0 Å². The second kappa shape index (κ2) is 10.3. The maximum absolute atomic E-state index is 2.54. The summed E-state index contributed by atoms with van der Waals surface area (Å²) in [6.07, 6.45) is 2.28. The van der Waals surface area contributed by atoms with Crippen molar-refractivity contribution in [3.63, 3.8) is 0 Å². The van der Waals surface area contributed by atoms with E-state index < -0.39 is 0 Å². The number of hydrogen-bond acceptors (Lipinski definition) is 1. The highest BCUT2D eigenvalue weighted by Gasteiger charge is 2.56. The number of benzene rings is 6. The Bertz CT molecular complexity index is 2250. The third-order valence-corrected chi connectivity index (χ3v) is 12.2. The Kier molecular flexibility index (Phi) is 6.36. The van der Waals surface area contributed by atoms with Gasteiger partial charge in [0.15, 0.2) is 0 Å². The van der Waals surface area contributed by atoms with Crippen LogP contribution >= 0.6 is 0 Å². The van der Waals surface area contributed by atoms with E-state index >= 15 is 0 Å². The lowest BCUT2D eigenvalue weighted by atomic mass is 9.72. The predicted molar refractivity (Wildman–Crippen MR) is 207 cm³/mol. The molecule has 49 heavy (non-hydrogen) atoms. The van der Waals surface area contributed by atoms with Crippen LogP contribution in [0.15, 0.2) is 140 Å². The first-order chi connectivity index (χ1) is 23.5. The minimum absolute atomic E-state index is 0.0366. The molecular formula is C48H45N.